The molecule has 0 radical (unpaired) electrons. The fourth-order valence-electron chi connectivity index (χ4n) is 2.13. The predicted octanol–water partition coefficient (Wildman–Crippen LogP) is 4.32. The standard InChI is InChI=1S/C16H27ClN2/c1-12(2)11-19(6)15-13(8-7-9-14(15)17)10-18-16(3,4)5/h7-9,12,18H,10-11H2,1-6H3. The highest BCUT2D eigenvalue weighted by molar-refractivity contribution is 6.33. The normalized spacial score (nSPS) is 12.0. The van der Waals surface area contributed by atoms with Crippen molar-refractivity contribution in [2.24, 2.45) is 5.92 Å². The second-order valence-electron chi connectivity index (χ2n) is 6.63. The third kappa shape index (κ3) is 5.42. The quantitative estimate of drug-likeness (QED) is 0.865. The Bertz CT molecular complexity index is 408. The van der Waals surface area contributed by atoms with Gasteiger partial charge in [-0.05, 0) is 38.3 Å². The number of anilines is 1. The molecule has 3 heteroatoms. The van der Waals surface area contributed by atoms with Crippen LogP contribution in [0.2, 0.25) is 5.02 Å². The first-order valence-corrected chi connectivity index (χ1v) is 7.32. The molecule has 0 aliphatic heterocycles. The summed E-state index contributed by atoms with van der Waals surface area (Å²) in [7, 11) is 2.11. The summed E-state index contributed by atoms with van der Waals surface area (Å²) in [4.78, 5) is 2.26. The average Bonchev–Trinajstić information content (AvgIpc) is 2.24. The topological polar surface area (TPSA) is 15.3 Å². The van der Waals surface area contributed by atoms with Crippen molar-refractivity contribution in [2.45, 2.75) is 46.7 Å². The Morgan fingerprint density at radius 1 is 1.26 bits per heavy atom. The Kier molecular flexibility index (Phi) is 5.69. The zero-order valence-corrected chi connectivity index (χ0v) is 13.8. The predicted molar refractivity (Wildman–Crippen MR) is 86.2 cm³/mol. The summed E-state index contributed by atoms with van der Waals surface area (Å²) >= 11 is 6.39. The zero-order valence-electron chi connectivity index (χ0n) is 13.0. The van der Waals surface area contributed by atoms with Crippen LogP contribution in [0.5, 0.6) is 0 Å². The van der Waals surface area contributed by atoms with E-state index in [0.717, 1.165) is 23.8 Å². The average molecular weight is 283 g/mol. The molecule has 0 amide bonds. The molecule has 0 saturated carbocycles. The van der Waals surface area contributed by atoms with E-state index in [9.17, 15) is 0 Å². The number of hydrogen-bond acceptors (Lipinski definition) is 2. The first-order chi connectivity index (χ1) is 8.70. The van der Waals surface area contributed by atoms with Gasteiger partial charge in [0.25, 0.3) is 0 Å². The molecule has 1 aromatic rings. The van der Waals surface area contributed by atoms with E-state index in [2.05, 4.69) is 57.9 Å². The summed E-state index contributed by atoms with van der Waals surface area (Å²) < 4.78 is 0. The summed E-state index contributed by atoms with van der Waals surface area (Å²) in [5, 5.41) is 4.36. The maximum Gasteiger partial charge on any atom is 0.0642 e. The minimum Gasteiger partial charge on any atom is -0.373 e. The van der Waals surface area contributed by atoms with Crippen LogP contribution in [0.1, 0.15) is 40.2 Å². The highest BCUT2D eigenvalue weighted by Gasteiger charge is 2.15. The van der Waals surface area contributed by atoms with Crippen molar-refractivity contribution in [3.8, 4) is 0 Å². The first kappa shape index (κ1) is 16.3. The van der Waals surface area contributed by atoms with Crippen LogP contribution in [0.4, 0.5) is 5.69 Å². The number of nitrogens with one attached hydrogen (secondary N) is 1. The summed E-state index contributed by atoms with van der Waals surface area (Å²) in [6.07, 6.45) is 0. The van der Waals surface area contributed by atoms with Gasteiger partial charge in [-0.2, -0.15) is 0 Å². The minimum absolute atomic E-state index is 0.107. The van der Waals surface area contributed by atoms with Crippen molar-refractivity contribution in [3.63, 3.8) is 0 Å². The molecule has 19 heavy (non-hydrogen) atoms. The van der Waals surface area contributed by atoms with Crippen LogP contribution in [0.25, 0.3) is 0 Å². The zero-order chi connectivity index (χ0) is 14.6. The molecule has 2 nitrogen and oxygen atoms in total. The van der Waals surface area contributed by atoms with Gasteiger partial charge in [-0.25, -0.2) is 0 Å². The molecule has 0 fully saturated rings. The Hall–Kier alpha value is -0.730. The second-order valence-corrected chi connectivity index (χ2v) is 7.03. The molecule has 0 unspecified atom stereocenters. The highest BCUT2D eigenvalue weighted by Crippen LogP contribution is 2.30. The SMILES string of the molecule is CC(C)CN(C)c1c(Cl)cccc1CNC(C)(C)C. The molecular weight excluding hydrogens is 256 g/mol. The van der Waals surface area contributed by atoms with Crippen molar-refractivity contribution in [2.75, 3.05) is 18.5 Å². The molecule has 1 rings (SSSR count). The Labute approximate surface area is 123 Å². The van der Waals surface area contributed by atoms with Gasteiger partial charge in [0.15, 0.2) is 0 Å². The molecule has 1 N–H and O–H groups in total. The van der Waals surface area contributed by atoms with Gasteiger partial charge in [-0.3, -0.25) is 0 Å². The van der Waals surface area contributed by atoms with E-state index in [0.29, 0.717) is 5.92 Å². The monoisotopic (exact) mass is 282 g/mol. The summed E-state index contributed by atoms with van der Waals surface area (Å²) in [6, 6.07) is 6.14. The molecule has 1 aromatic carbocycles. The number of para-hydroxylation sites is 1. The summed E-state index contributed by atoms with van der Waals surface area (Å²) in [5.41, 5.74) is 2.51. The van der Waals surface area contributed by atoms with Crippen molar-refractivity contribution < 1.29 is 0 Å². The van der Waals surface area contributed by atoms with Gasteiger partial charge >= 0.3 is 0 Å². The van der Waals surface area contributed by atoms with Crippen molar-refractivity contribution in [3.05, 3.63) is 28.8 Å². The number of nitrogens with zero attached hydrogens (tertiary/aromatic N) is 1. The molecule has 0 atom stereocenters. The van der Waals surface area contributed by atoms with Crippen LogP contribution in [0.3, 0.4) is 0 Å². The lowest BCUT2D eigenvalue weighted by Gasteiger charge is -2.27. The van der Waals surface area contributed by atoms with E-state index in [-0.39, 0.29) is 5.54 Å². The maximum absolute atomic E-state index is 6.39. The van der Waals surface area contributed by atoms with Crippen LogP contribution < -0.4 is 10.2 Å². The van der Waals surface area contributed by atoms with E-state index >= 15 is 0 Å². The van der Waals surface area contributed by atoms with E-state index in [1.54, 1.807) is 0 Å². The molecule has 0 heterocycles. The summed E-state index contributed by atoms with van der Waals surface area (Å²) in [5.74, 6) is 0.615. The fourth-order valence-corrected chi connectivity index (χ4v) is 2.47. The van der Waals surface area contributed by atoms with Crippen LogP contribution in [0, 0.1) is 5.92 Å². The second kappa shape index (κ2) is 6.62. The molecule has 0 bridgehead atoms. The largest absolute Gasteiger partial charge is 0.373 e. The molecule has 0 aromatic heterocycles. The smallest absolute Gasteiger partial charge is 0.0642 e. The Balaban J connectivity index is 2.95. The Morgan fingerprint density at radius 3 is 2.42 bits per heavy atom. The van der Waals surface area contributed by atoms with Gasteiger partial charge in [0.1, 0.15) is 0 Å². The molecule has 0 aliphatic carbocycles. The van der Waals surface area contributed by atoms with Gasteiger partial charge in [-0.15, -0.1) is 0 Å². The third-order valence-corrected chi connectivity index (χ3v) is 3.21. The molecule has 0 saturated heterocycles. The molecule has 0 spiro atoms. The number of hydrogen-bond donors (Lipinski definition) is 1. The highest BCUT2D eigenvalue weighted by atomic mass is 35.5. The Morgan fingerprint density at radius 2 is 1.89 bits per heavy atom. The van der Waals surface area contributed by atoms with E-state index < -0.39 is 0 Å². The fraction of sp³-hybridized carbons (Fsp3) is 0.625. The van der Waals surface area contributed by atoms with Crippen molar-refractivity contribution in [1.82, 2.24) is 5.32 Å². The first-order valence-electron chi connectivity index (χ1n) is 6.94. The number of rotatable bonds is 5. The van der Waals surface area contributed by atoms with Crippen LogP contribution in [-0.4, -0.2) is 19.1 Å². The van der Waals surface area contributed by atoms with Gasteiger partial charge < -0.3 is 10.2 Å². The maximum atomic E-state index is 6.39. The van der Waals surface area contributed by atoms with E-state index in [4.69, 9.17) is 11.6 Å². The summed E-state index contributed by atoms with van der Waals surface area (Å²) in [6.45, 7) is 12.8. The lowest BCUT2D eigenvalue weighted by Crippen LogP contribution is -2.35. The van der Waals surface area contributed by atoms with Crippen molar-refractivity contribution >= 4 is 17.3 Å². The molecule has 108 valence electrons. The minimum atomic E-state index is 0.107. The van der Waals surface area contributed by atoms with Gasteiger partial charge in [-0.1, -0.05) is 37.6 Å². The molecular formula is C16H27ClN2. The third-order valence-electron chi connectivity index (χ3n) is 2.90. The van der Waals surface area contributed by atoms with Crippen LogP contribution >= 0.6 is 11.6 Å². The lowest BCUT2D eigenvalue weighted by molar-refractivity contribution is 0.424. The van der Waals surface area contributed by atoms with Crippen LogP contribution in [-0.2, 0) is 6.54 Å². The van der Waals surface area contributed by atoms with E-state index in [1.165, 1.54) is 5.56 Å². The lowest BCUT2D eigenvalue weighted by atomic mass is 10.1. The number of halogens is 1. The van der Waals surface area contributed by atoms with Gasteiger partial charge in [0.2, 0.25) is 0 Å². The van der Waals surface area contributed by atoms with Gasteiger partial charge in [0, 0.05) is 25.7 Å². The van der Waals surface area contributed by atoms with E-state index in [1.807, 2.05) is 12.1 Å². The van der Waals surface area contributed by atoms with Crippen LogP contribution in [0.15, 0.2) is 18.2 Å². The van der Waals surface area contributed by atoms with Crippen molar-refractivity contribution in [1.29, 1.82) is 0 Å². The number of benzene rings is 1. The van der Waals surface area contributed by atoms with Gasteiger partial charge in [0.05, 0.1) is 10.7 Å². The molecule has 0 aliphatic rings.